The van der Waals surface area contributed by atoms with Crippen LogP contribution in [-0.2, 0) is 6.54 Å². The van der Waals surface area contributed by atoms with Crippen molar-refractivity contribution in [3.05, 3.63) is 101 Å². The Morgan fingerprint density at radius 3 is 2.67 bits per heavy atom. The van der Waals surface area contributed by atoms with Gasteiger partial charge in [-0.3, -0.25) is 4.79 Å². The molecule has 33 heavy (non-hydrogen) atoms. The van der Waals surface area contributed by atoms with Gasteiger partial charge in [0, 0.05) is 34.3 Å². The zero-order valence-electron chi connectivity index (χ0n) is 18.6. The predicted molar refractivity (Wildman–Crippen MR) is 130 cm³/mol. The van der Waals surface area contributed by atoms with Crippen molar-refractivity contribution in [2.24, 2.45) is 5.10 Å². The molecule has 4 rings (SSSR count). The van der Waals surface area contributed by atoms with E-state index in [9.17, 15) is 10.1 Å². The molecule has 164 valence electrons. The number of nitrogens with one attached hydrogen (secondary N) is 1. The second-order valence-corrected chi connectivity index (χ2v) is 7.57. The number of hydrogen-bond acceptors (Lipinski definition) is 4. The lowest BCUT2D eigenvalue weighted by Crippen LogP contribution is -2.17. The molecule has 0 saturated carbocycles. The van der Waals surface area contributed by atoms with Crippen molar-refractivity contribution in [3.63, 3.8) is 0 Å². The number of nitriles is 1. The van der Waals surface area contributed by atoms with Crippen molar-refractivity contribution in [2.45, 2.75) is 20.4 Å². The van der Waals surface area contributed by atoms with Gasteiger partial charge >= 0.3 is 0 Å². The molecule has 0 aliphatic rings. The number of benzene rings is 3. The fraction of sp³-hybridized carbons (Fsp3) is 0.148. The van der Waals surface area contributed by atoms with Crippen LogP contribution < -0.4 is 10.2 Å². The fourth-order valence-electron chi connectivity index (χ4n) is 3.84. The smallest absolute Gasteiger partial charge is 0.271 e. The van der Waals surface area contributed by atoms with Crippen LogP contribution in [0.15, 0.2) is 77.9 Å². The molecule has 6 heteroatoms. The number of hydrazone groups is 1. The first-order valence-electron chi connectivity index (χ1n) is 10.7. The van der Waals surface area contributed by atoms with Crippen molar-refractivity contribution in [1.29, 1.82) is 5.26 Å². The number of rotatable bonds is 7. The Morgan fingerprint density at radius 2 is 1.91 bits per heavy atom. The molecule has 1 aromatic heterocycles. The van der Waals surface area contributed by atoms with Gasteiger partial charge in [0.1, 0.15) is 5.75 Å². The largest absolute Gasteiger partial charge is 0.494 e. The highest BCUT2D eigenvalue weighted by Crippen LogP contribution is 2.25. The number of nitrogens with zero attached hydrogens (tertiary/aromatic N) is 3. The molecule has 1 heterocycles. The summed E-state index contributed by atoms with van der Waals surface area (Å²) in [5.41, 5.74) is 7.83. The van der Waals surface area contributed by atoms with Gasteiger partial charge in [-0.25, -0.2) is 5.43 Å². The molecule has 0 fully saturated rings. The quantitative estimate of drug-likeness (QED) is 0.326. The highest BCUT2D eigenvalue weighted by atomic mass is 16.5. The van der Waals surface area contributed by atoms with E-state index in [-0.39, 0.29) is 5.91 Å². The minimum Gasteiger partial charge on any atom is -0.494 e. The van der Waals surface area contributed by atoms with Gasteiger partial charge in [0.15, 0.2) is 0 Å². The number of fused-ring (bicyclic) bond motifs is 1. The molecule has 0 radical (unpaired) electrons. The maximum atomic E-state index is 12.5. The van der Waals surface area contributed by atoms with Crippen LogP contribution in [0.4, 0.5) is 0 Å². The van der Waals surface area contributed by atoms with Crippen LogP contribution in [0.1, 0.15) is 39.7 Å². The van der Waals surface area contributed by atoms with Crippen molar-refractivity contribution < 1.29 is 9.53 Å². The van der Waals surface area contributed by atoms with E-state index in [2.05, 4.69) is 27.2 Å². The van der Waals surface area contributed by atoms with E-state index in [0.717, 1.165) is 33.5 Å². The van der Waals surface area contributed by atoms with Gasteiger partial charge in [-0.1, -0.05) is 30.3 Å². The number of aromatic nitrogens is 1. The second-order valence-electron chi connectivity index (χ2n) is 7.57. The van der Waals surface area contributed by atoms with Gasteiger partial charge < -0.3 is 9.30 Å². The van der Waals surface area contributed by atoms with E-state index >= 15 is 0 Å². The first-order chi connectivity index (χ1) is 16.1. The maximum absolute atomic E-state index is 12.5. The molecule has 4 aromatic rings. The van der Waals surface area contributed by atoms with Crippen LogP contribution in [0.3, 0.4) is 0 Å². The highest BCUT2D eigenvalue weighted by molar-refractivity contribution is 6.02. The lowest BCUT2D eigenvalue weighted by Gasteiger charge is -2.09. The standard InChI is InChI=1S/C27H24N4O2/c1-3-33-23-13-11-22(12-14-23)27(32)30-29-17-25-19(2)31(26-10-5-4-9-24(25)26)18-21-8-6-7-20(15-21)16-28/h4-15,17H,3,18H2,1-2H3,(H,30,32)/b29-17-. The molecule has 0 aliphatic carbocycles. The summed E-state index contributed by atoms with van der Waals surface area (Å²) in [4.78, 5) is 12.5. The zero-order valence-corrected chi connectivity index (χ0v) is 18.6. The maximum Gasteiger partial charge on any atom is 0.271 e. The van der Waals surface area contributed by atoms with E-state index in [1.165, 1.54) is 0 Å². The summed E-state index contributed by atoms with van der Waals surface area (Å²) in [6.07, 6.45) is 1.69. The molecule has 6 nitrogen and oxygen atoms in total. The summed E-state index contributed by atoms with van der Waals surface area (Å²) in [6.45, 7) is 5.16. The molecule has 0 spiro atoms. The van der Waals surface area contributed by atoms with Crippen molar-refractivity contribution in [1.82, 2.24) is 9.99 Å². The average Bonchev–Trinajstić information content (AvgIpc) is 3.11. The highest BCUT2D eigenvalue weighted by Gasteiger charge is 2.13. The Balaban J connectivity index is 1.57. The Morgan fingerprint density at radius 1 is 1.12 bits per heavy atom. The SMILES string of the molecule is CCOc1ccc(C(=O)N/N=C\c2c(C)n(Cc3cccc(C#N)c3)c3ccccc23)cc1. The van der Waals surface area contributed by atoms with E-state index in [1.54, 1.807) is 36.5 Å². The lowest BCUT2D eigenvalue weighted by atomic mass is 10.1. The van der Waals surface area contributed by atoms with Crippen LogP contribution in [0, 0.1) is 18.3 Å². The minimum absolute atomic E-state index is 0.288. The third-order valence-corrected chi connectivity index (χ3v) is 5.46. The van der Waals surface area contributed by atoms with Gasteiger partial charge in [-0.2, -0.15) is 10.4 Å². The molecule has 3 aromatic carbocycles. The predicted octanol–water partition coefficient (Wildman–Crippen LogP) is 5.03. The van der Waals surface area contributed by atoms with Crippen LogP contribution in [-0.4, -0.2) is 23.3 Å². The molecule has 0 unspecified atom stereocenters. The van der Waals surface area contributed by atoms with E-state index in [4.69, 9.17) is 4.74 Å². The number of ether oxygens (including phenoxy) is 1. The molecule has 0 aliphatic heterocycles. The molecule has 0 bridgehead atoms. The summed E-state index contributed by atoms with van der Waals surface area (Å²) in [5, 5.41) is 14.5. The normalized spacial score (nSPS) is 10.9. The Hall–Kier alpha value is -4.37. The average molecular weight is 437 g/mol. The summed E-state index contributed by atoms with van der Waals surface area (Å²) in [5.74, 6) is 0.435. The zero-order chi connectivity index (χ0) is 23.2. The Bertz CT molecular complexity index is 1360. The third-order valence-electron chi connectivity index (χ3n) is 5.46. The van der Waals surface area contributed by atoms with E-state index < -0.39 is 0 Å². The van der Waals surface area contributed by atoms with Gasteiger partial charge in [0.25, 0.3) is 5.91 Å². The van der Waals surface area contributed by atoms with Crippen molar-refractivity contribution in [3.8, 4) is 11.8 Å². The van der Waals surface area contributed by atoms with E-state index in [0.29, 0.717) is 24.3 Å². The lowest BCUT2D eigenvalue weighted by molar-refractivity contribution is 0.0955. The van der Waals surface area contributed by atoms with Gasteiger partial charge in [0.2, 0.25) is 0 Å². The first-order valence-corrected chi connectivity index (χ1v) is 10.7. The summed E-state index contributed by atoms with van der Waals surface area (Å²) in [6, 6.07) is 24.8. The van der Waals surface area contributed by atoms with Crippen molar-refractivity contribution >= 4 is 23.0 Å². The monoisotopic (exact) mass is 436 g/mol. The third kappa shape index (κ3) is 4.78. The Labute approximate surface area is 192 Å². The van der Waals surface area contributed by atoms with Crippen LogP contribution in [0.25, 0.3) is 10.9 Å². The van der Waals surface area contributed by atoms with Crippen LogP contribution in [0.5, 0.6) is 5.75 Å². The van der Waals surface area contributed by atoms with E-state index in [1.807, 2.05) is 50.2 Å². The summed E-state index contributed by atoms with van der Waals surface area (Å²) >= 11 is 0. The number of hydrogen-bond donors (Lipinski definition) is 1. The van der Waals surface area contributed by atoms with Crippen LogP contribution >= 0.6 is 0 Å². The molecule has 1 N–H and O–H groups in total. The minimum atomic E-state index is -0.288. The van der Waals surface area contributed by atoms with Gasteiger partial charge in [-0.15, -0.1) is 0 Å². The van der Waals surface area contributed by atoms with Gasteiger partial charge in [0.05, 0.1) is 24.5 Å². The second kappa shape index (κ2) is 9.84. The summed E-state index contributed by atoms with van der Waals surface area (Å²) < 4.78 is 7.61. The molecule has 0 saturated heterocycles. The molecule has 1 amide bonds. The molecular weight excluding hydrogens is 412 g/mol. The number of para-hydroxylation sites is 1. The molecule has 0 atom stereocenters. The number of amides is 1. The Kier molecular flexibility index (Phi) is 6.51. The summed E-state index contributed by atoms with van der Waals surface area (Å²) in [7, 11) is 0. The topological polar surface area (TPSA) is 79.4 Å². The van der Waals surface area contributed by atoms with Crippen LogP contribution in [0.2, 0.25) is 0 Å². The fourth-order valence-corrected chi connectivity index (χ4v) is 3.84. The number of carbonyl (C=O) groups is 1. The number of carbonyl (C=O) groups excluding carboxylic acids is 1. The molecular formula is C27H24N4O2. The van der Waals surface area contributed by atoms with Crippen molar-refractivity contribution in [2.75, 3.05) is 6.61 Å². The van der Waals surface area contributed by atoms with Gasteiger partial charge in [-0.05, 0) is 61.9 Å². The first kappa shape index (κ1) is 21.8.